The zero-order valence-electron chi connectivity index (χ0n) is 41.4. The summed E-state index contributed by atoms with van der Waals surface area (Å²) in [5.74, 6) is -2.68. The minimum absolute atomic E-state index is 0. The van der Waals surface area contributed by atoms with Crippen molar-refractivity contribution >= 4 is 46.9 Å². The first-order chi connectivity index (χ1) is 35.6. The summed E-state index contributed by atoms with van der Waals surface area (Å²) in [5, 5.41) is 39.5. The molecular weight excluding hydrogens is 957 g/mol. The van der Waals surface area contributed by atoms with Gasteiger partial charge in [-0.1, -0.05) is 92.4 Å². The van der Waals surface area contributed by atoms with Crippen molar-refractivity contribution in [3.8, 4) is 11.5 Å². The third-order valence-electron chi connectivity index (χ3n) is 12.6. The quantitative estimate of drug-likeness (QED) is 0.0433. The van der Waals surface area contributed by atoms with Crippen molar-refractivity contribution in [2.45, 2.75) is 91.0 Å². The van der Waals surface area contributed by atoms with Crippen LogP contribution in [0.4, 0.5) is 11.4 Å². The molecule has 2 aliphatic rings. The second-order valence-electron chi connectivity index (χ2n) is 18.0. The van der Waals surface area contributed by atoms with Crippen LogP contribution in [0, 0.1) is 0 Å². The van der Waals surface area contributed by atoms with E-state index in [0.29, 0.717) is 11.4 Å². The second kappa shape index (κ2) is 26.6. The Morgan fingerprint density at radius 1 is 0.533 bits per heavy atom. The molecule has 4 atom stereocenters. The number of esters is 1. The number of phenolic OH excluding ortho intramolecular Hbond substituents is 2. The topological polar surface area (TPSA) is 239 Å². The van der Waals surface area contributed by atoms with Gasteiger partial charge in [0.25, 0.3) is 0 Å². The largest absolute Gasteiger partial charge is 0.508 e. The number of aromatic hydroxyl groups is 2. The minimum Gasteiger partial charge on any atom is -0.508 e. The van der Waals surface area contributed by atoms with E-state index in [2.05, 4.69) is 27.3 Å². The van der Waals surface area contributed by atoms with Gasteiger partial charge in [-0.3, -0.25) is 19.2 Å². The van der Waals surface area contributed by atoms with E-state index in [9.17, 15) is 44.1 Å². The number of rotatable bonds is 17. The molecule has 392 valence electrons. The summed E-state index contributed by atoms with van der Waals surface area (Å²) in [6.45, 7) is 4.09. The normalized spacial score (nSPS) is 14.8. The highest BCUT2D eigenvalue weighted by molar-refractivity contribution is 5.98. The molecule has 6 aromatic carbocycles. The predicted molar refractivity (Wildman–Crippen MR) is 283 cm³/mol. The van der Waals surface area contributed by atoms with Gasteiger partial charge in [0.05, 0.1) is 6.61 Å². The number of hydrogen-bond donors (Lipinski definition) is 7. The number of aryl methyl sites for hydroxylation is 4. The van der Waals surface area contributed by atoms with Crippen molar-refractivity contribution in [1.29, 1.82) is 0 Å². The van der Waals surface area contributed by atoms with Gasteiger partial charge in [-0.05, 0) is 137 Å². The maximum absolute atomic E-state index is 13.3. The number of carbonyl (C=O) groups excluding carboxylic acids is 5. The Kier molecular flexibility index (Phi) is 19.8. The summed E-state index contributed by atoms with van der Waals surface area (Å²) in [7, 11) is 0. The molecule has 2 aliphatic carbocycles. The van der Waals surface area contributed by atoms with Gasteiger partial charge >= 0.3 is 11.9 Å². The Bertz CT molecular complexity index is 2980. The molecule has 0 aromatic heterocycles. The summed E-state index contributed by atoms with van der Waals surface area (Å²) in [6.07, 6.45) is 2.56. The lowest BCUT2D eigenvalue weighted by atomic mass is 9.96. The van der Waals surface area contributed by atoms with Crippen LogP contribution in [-0.2, 0) is 81.5 Å². The van der Waals surface area contributed by atoms with E-state index in [0.717, 1.165) is 81.3 Å². The molecule has 0 heterocycles. The summed E-state index contributed by atoms with van der Waals surface area (Å²) in [5.41, 5.74) is 10.5. The number of hydrogen-bond acceptors (Lipinski definition) is 11. The number of benzene rings is 6. The summed E-state index contributed by atoms with van der Waals surface area (Å²) >= 11 is 0. The number of phenols is 2. The number of carbonyl (C=O) groups is 6. The lowest BCUT2D eigenvalue weighted by Gasteiger charge is -2.22. The third-order valence-corrected chi connectivity index (χ3v) is 12.6. The van der Waals surface area contributed by atoms with Crippen LogP contribution in [0.3, 0.4) is 0 Å². The smallest absolute Gasteiger partial charge is 0.332 e. The Morgan fingerprint density at radius 2 is 0.920 bits per heavy atom. The number of fused-ring (bicyclic) bond motifs is 4. The maximum atomic E-state index is 13.3. The second-order valence-corrected chi connectivity index (χ2v) is 18.0. The molecule has 0 spiro atoms. The highest BCUT2D eigenvalue weighted by Gasteiger charge is 2.29. The third kappa shape index (κ3) is 15.6. The van der Waals surface area contributed by atoms with Crippen LogP contribution >= 0.6 is 0 Å². The number of aliphatic carboxylic acids is 1. The number of ether oxygens (including phenoxy) is 3. The van der Waals surface area contributed by atoms with Crippen LogP contribution in [0.2, 0.25) is 0 Å². The van der Waals surface area contributed by atoms with Crippen molar-refractivity contribution in [2.24, 2.45) is 0 Å². The van der Waals surface area contributed by atoms with Crippen LogP contribution in [0.1, 0.15) is 96.0 Å². The molecule has 0 fully saturated rings. The molecule has 0 bridgehead atoms. The van der Waals surface area contributed by atoms with Gasteiger partial charge in [-0.15, -0.1) is 0 Å². The van der Waals surface area contributed by atoms with Crippen LogP contribution in [0.15, 0.2) is 133 Å². The number of nitrogens with one attached hydrogen (secondary N) is 4. The van der Waals surface area contributed by atoms with Crippen molar-refractivity contribution in [3.05, 3.63) is 189 Å². The highest BCUT2D eigenvalue weighted by atomic mass is 16.6. The van der Waals surface area contributed by atoms with E-state index in [4.69, 9.17) is 14.2 Å². The molecule has 0 radical (unpaired) electrons. The van der Waals surface area contributed by atoms with E-state index < -0.39 is 48.7 Å². The van der Waals surface area contributed by atoms with E-state index in [1.54, 1.807) is 49.4 Å². The van der Waals surface area contributed by atoms with Crippen molar-refractivity contribution in [2.75, 3.05) is 30.5 Å². The van der Waals surface area contributed by atoms with Crippen LogP contribution < -0.4 is 21.3 Å². The SMILES string of the molecule is C.CC(=O)N[C@@H](Cc1ccc(O)cc1)C(=O)Nc1ccc2c(c1)C(OCC(=O)O)c1ccccc1CC2.CCOC(=O)COC1c2ccccc2CCc2ccc(NC(=O)[C@H](Cc3ccc(O)cc3)NC(C)=O)cc21. The minimum atomic E-state index is -1.06. The Hall–Kier alpha value is -8.34. The fraction of sp³-hybridized carbons (Fsp3) is 0.288. The number of carboxylic acids is 1. The number of amides is 4. The fourth-order valence-electron chi connectivity index (χ4n) is 9.17. The van der Waals surface area contributed by atoms with Crippen molar-refractivity contribution in [1.82, 2.24) is 10.6 Å². The van der Waals surface area contributed by atoms with Crippen LogP contribution in [0.5, 0.6) is 11.5 Å². The van der Waals surface area contributed by atoms with E-state index in [1.165, 1.54) is 26.0 Å². The van der Waals surface area contributed by atoms with Gasteiger partial charge in [-0.2, -0.15) is 0 Å². The first-order valence-corrected chi connectivity index (χ1v) is 24.4. The molecule has 7 N–H and O–H groups in total. The van der Waals surface area contributed by atoms with Gasteiger partial charge in [0.15, 0.2) is 0 Å². The maximum Gasteiger partial charge on any atom is 0.332 e. The lowest BCUT2D eigenvalue weighted by molar-refractivity contribution is -0.150. The van der Waals surface area contributed by atoms with Crippen molar-refractivity contribution < 1.29 is 58.3 Å². The zero-order chi connectivity index (χ0) is 52.7. The Balaban J connectivity index is 0.000000241. The van der Waals surface area contributed by atoms with E-state index >= 15 is 0 Å². The molecule has 4 amide bonds. The molecule has 0 aliphatic heterocycles. The lowest BCUT2D eigenvalue weighted by Crippen LogP contribution is -2.44. The van der Waals surface area contributed by atoms with Gasteiger partial charge in [-0.25, -0.2) is 9.59 Å². The first kappa shape index (κ1) is 56.0. The van der Waals surface area contributed by atoms with Gasteiger partial charge < -0.3 is 50.8 Å². The van der Waals surface area contributed by atoms with Gasteiger partial charge in [0, 0.05) is 38.1 Å². The number of carboxylic acid groups (broad SMARTS) is 1. The molecule has 0 saturated carbocycles. The van der Waals surface area contributed by atoms with E-state index in [-0.39, 0.29) is 62.7 Å². The zero-order valence-corrected chi connectivity index (χ0v) is 41.4. The highest BCUT2D eigenvalue weighted by Crippen LogP contribution is 2.38. The Labute approximate surface area is 436 Å². The molecule has 2 unspecified atom stereocenters. The number of anilines is 2. The molecule has 16 heteroatoms. The molecular formula is C59H64N4O12. The molecule has 0 saturated heterocycles. The predicted octanol–water partition coefficient (Wildman–Crippen LogP) is 7.85. The molecule has 16 nitrogen and oxygen atoms in total. The monoisotopic (exact) mass is 1020 g/mol. The molecule has 8 rings (SSSR count). The van der Waals surface area contributed by atoms with Crippen LogP contribution in [-0.4, -0.2) is 82.8 Å². The molecule has 6 aromatic rings. The average molecular weight is 1020 g/mol. The summed E-state index contributed by atoms with van der Waals surface area (Å²) in [4.78, 5) is 73.4. The standard InChI is InChI=1S/C30H32N2O6.C28H28N2O6.CH4/c1-3-37-28(35)18-38-29-25-7-5-4-6-21(25)10-11-22-12-13-23(17-26(22)29)32-30(36)27(31-19(2)33)16-20-8-14-24(34)15-9-20;1-17(31)29-25(14-18-6-12-22(32)13-7-18)28(35)30-21-11-10-20-9-8-19-4-2-3-5-23(19)27(24(20)15-21)36-16-26(33)34;/h4-9,12-15,17,27,29,34H,3,10-11,16,18H2,1-2H3,(H,31,33)(H,32,36);2-7,10-13,15,25,27,32H,8-9,14,16H2,1H3,(H,29,31)(H,30,35)(H,33,34);1H4/t27-,29?;25-,27?;/m00./s1. The first-order valence-electron chi connectivity index (χ1n) is 24.4. The van der Waals surface area contributed by atoms with Crippen molar-refractivity contribution in [3.63, 3.8) is 0 Å². The van der Waals surface area contributed by atoms with E-state index in [1.807, 2.05) is 72.8 Å². The average Bonchev–Trinajstić information content (AvgIpc) is 3.63. The van der Waals surface area contributed by atoms with Gasteiger partial charge in [0.2, 0.25) is 23.6 Å². The fourth-order valence-corrected chi connectivity index (χ4v) is 9.17. The summed E-state index contributed by atoms with van der Waals surface area (Å²) in [6, 6.07) is 38.3. The van der Waals surface area contributed by atoms with Crippen LogP contribution in [0.25, 0.3) is 0 Å². The summed E-state index contributed by atoms with van der Waals surface area (Å²) < 4.78 is 17.0. The van der Waals surface area contributed by atoms with Gasteiger partial charge in [0.1, 0.15) is 49.0 Å². The Morgan fingerprint density at radius 3 is 1.31 bits per heavy atom. The molecule has 75 heavy (non-hydrogen) atoms.